The molecule has 0 aliphatic carbocycles. The van der Waals surface area contributed by atoms with Crippen molar-refractivity contribution < 1.29 is 4.74 Å². The van der Waals surface area contributed by atoms with E-state index in [4.69, 9.17) is 16.2 Å². The molecular weight excluding hydrogens is 332 g/mol. The Morgan fingerprint density at radius 2 is 1.96 bits per heavy atom. The van der Waals surface area contributed by atoms with E-state index in [0.717, 1.165) is 77.1 Å². The van der Waals surface area contributed by atoms with Crippen LogP contribution in [0.4, 0.5) is 5.82 Å². The number of fused-ring (bicyclic) bond motifs is 3. The first-order valence-electron chi connectivity index (χ1n) is 9.04. The zero-order valence-electron chi connectivity index (χ0n) is 14.8. The van der Waals surface area contributed by atoms with E-state index in [1.165, 1.54) is 6.42 Å². The van der Waals surface area contributed by atoms with E-state index < -0.39 is 0 Å². The highest BCUT2D eigenvalue weighted by atomic mass is 32.1. The number of aryl methyl sites for hydroxylation is 1. The van der Waals surface area contributed by atoms with Crippen LogP contribution in [0.2, 0.25) is 0 Å². The van der Waals surface area contributed by atoms with Crippen LogP contribution in [0, 0.1) is 0 Å². The molecule has 4 N–H and O–H groups in total. The fraction of sp³-hybridized carbons (Fsp3) is 0.474. The van der Waals surface area contributed by atoms with Crippen molar-refractivity contribution in [2.75, 3.05) is 18.9 Å². The molecule has 0 saturated heterocycles. The zero-order valence-corrected chi connectivity index (χ0v) is 15.6. The number of hydrogen-bond acceptors (Lipinski definition) is 6. The molecule has 2 heterocycles. The molecule has 0 radical (unpaired) electrons. The molecule has 0 saturated carbocycles. The van der Waals surface area contributed by atoms with Crippen LogP contribution in [0.1, 0.15) is 44.0 Å². The van der Waals surface area contributed by atoms with Gasteiger partial charge in [-0.05, 0) is 44.4 Å². The van der Waals surface area contributed by atoms with Crippen molar-refractivity contribution in [3.05, 3.63) is 23.2 Å². The summed E-state index contributed by atoms with van der Waals surface area (Å²) in [6.45, 7) is 3.64. The number of nitrogens with two attached hydrogens (primary N) is 2. The summed E-state index contributed by atoms with van der Waals surface area (Å²) in [5.41, 5.74) is 13.3. The molecule has 0 spiro atoms. The minimum atomic E-state index is 0.500. The van der Waals surface area contributed by atoms with Gasteiger partial charge in [0.05, 0.1) is 21.8 Å². The topological polar surface area (TPSA) is 87.0 Å². The van der Waals surface area contributed by atoms with Crippen LogP contribution in [0.5, 0.6) is 5.75 Å². The van der Waals surface area contributed by atoms with Gasteiger partial charge in [-0.1, -0.05) is 19.8 Å². The molecule has 2 aromatic heterocycles. The summed E-state index contributed by atoms with van der Waals surface area (Å²) in [6, 6.07) is 6.06. The number of hydrogen-bond donors (Lipinski definition) is 2. The molecule has 3 rings (SSSR count). The van der Waals surface area contributed by atoms with Crippen LogP contribution in [-0.2, 0) is 6.42 Å². The second-order valence-corrected chi connectivity index (χ2v) is 7.35. The summed E-state index contributed by atoms with van der Waals surface area (Å²) in [5, 5.41) is 2.22. The fourth-order valence-corrected chi connectivity index (χ4v) is 4.11. The van der Waals surface area contributed by atoms with Crippen LogP contribution < -0.4 is 16.2 Å². The molecule has 0 atom stereocenters. The summed E-state index contributed by atoms with van der Waals surface area (Å²) in [5.74, 6) is 1.34. The van der Waals surface area contributed by atoms with E-state index in [9.17, 15) is 0 Å². The van der Waals surface area contributed by atoms with Crippen LogP contribution in [0.3, 0.4) is 0 Å². The lowest BCUT2D eigenvalue weighted by atomic mass is 10.2. The third-order valence-corrected chi connectivity index (χ3v) is 5.35. The molecule has 1 aromatic carbocycles. The van der Waals surface area contributed by atoms with Crippen molar-refractivity contribution in [1.82, 2.24) is 9.97 Å². The Balaban J connectivity index is 1.77. The summed E-state index contributed by atoms with van der Waals surface area (Å²) in [7, 11) is 0. The third kappa shape index (κ3) is 4.19. The largest absolute Gasteiger partial charge is 0.494 e. The Hall–Kier alpha value is -1.92. The number of pyridine rings is 1. The Labute approximate surface area is 152 Å². The third-order valence-electron chi connectivity index (χ3n) is 4.20. The first-order chi connectivity index (χ1) is 12.2. The molecule has 0 aliphatic heterocycles. The van der Waals surface area contributed by atoms with Gasteiger partial charge in [-0.25, -0.2) is 9.97 Å². The monoisotopic (exact) mass is 358 g/mol. The van der Waals surface area contributed by atoms with Gasteiger partial charge in [0.2, 0.25) is 0 Å². The quantitative estimate of drug-likeness (QED) is 0.558. The number of rotatable bonds is 9. The summed E-state index contributed by atoms with van der Waals surface area (Å²) >= 11 is 1.72. The number of nitrogens with zero attached hydrogens (tertiary/aromatic N) is 2. The predicted molar refractivity (Wildman–Crippen MR) is 106 cm³/mol. The second kappa shape index (κ2) is 8.45. The van der Waals surface area contributed by atoms with Gasteiger partial charge in [-0.15, -0.1) is 11.3 Å². The Kier molecular flexibility index (Phi) is 6.04. The van der Waals surface area contributed by atoms with E-state index in [0.29, 0.717) is 5.82 Å². The van der Waals surface area contributed by atoms with Gasteiger partial charge in [-0.3, -0.25) is 0 Å². The lowest BCUT2D eigenvalue weighted by molar-refractivity contribution is 0.305. The highest BCUT2D eigenvalue weighted by Crippen LogP contribution is 2.34. The van der Waals surface area contributed by atoms with E-state index in [1.807, 2.05) is 12.1 Å². The van der Waals surface area contributed by atoms with E-state index in [2.05, 4.69) is 23.0 Å². The molecule has 0 fully saturated rings. The number of thiazole rings is 1. The average molecular weight is 359 g/mol. The molecule has 6 heteroatoms. The number of anilines is 1. The molecule has 0 bridgehead atoms. The highest BCUT2D eigenvalue weighted by molar-refractivity contribution is 7.19. The van der Waals surface area contributed by atoms with Gasteiger partial charge in [0.15, 0.2) is 5.82 Å². The smallest absolute Gasteiger partial charge is 0.151 e. The van der Waals surface area contributed by atoms with Crippen LogP contribution >= 0.6 is 11.3 Å². The van der Waals surface area contributed by atoms with Crippen LogP contribution in [-0.4, -0.2) is 23.1 Å². The molecule has 3 aromatic rings. The van der Waals surface area contributed by atoms with Crippen LogP contribution in [0.15, 0.2) is 18.2 Å². The first-order valence-corrected chi connectivity index (χ1v) is 9.86. The first kappa shape index (κ1) is 17.9. The summed E-state index contributed by atoms with van der Waals surface area (Å²) < 4.78 is 6.99. The van der Waals surface area contributed by atoms with Gasteiger partial charge >= 0.3 is 0 Å². The van der Waals surface area contributed by atoms with Gasteiger partial charge in [0, 0.05) is 11.5 Å². The molecule has 134 valence electrons. The molecule has 0 amide bonds. The highest BCUT2D eigenvalue weighted by Gasteiger charge is 2.12. The Bertz CT molecular complexity index is 846. The molecule has 0 unspecified atom stereocenters. The fourth-order valence-electron chi connectivity index (χ4n) is 2.90. The van der Waals surface area contributed by atoms with Crippen LogP contribution in [0.25, 0.3) is 21.1 Å². The van der Waals surface area contributed by atoms with Crippen molar-refractivity contribution in [2.24, 2.45) is 5.73 Å². The number of benzene rings is 1. The summed E-state index contributed by atoms with van der Waals surface area (Å²) in [4.78, 5) is 9.19. The lowest BCUT2D eigenvalue weighted by Crippen LogP contribution is -2.00. The average Bonchev–Trinajstić information content (AvgIpc) is 3.03. The second-order valence-electron chi connectivity index (χ2n) is 6.26. The van der Waals surface area contributed by atoms with Crippen molar-refractivity contribution in [1.29, 1.82) is 0 Å². The Morgan fingerprint density at radius 1 is 1.12 bits per heavy atom. The van der Waals surface area contributed by atoms with Crippen molar-refractivity contribution in [2.45, 2.75) is 45.4 Å². The maximum Gasteiger partial charge on any atom is 0.151 e. The molecular formula is C19H26N4OS. The van der Waals surface area contributed by atoms with Gasteiger partial charge < -0.3 is 16.2 Å². The lowest BCUT2D eigenvalue weighted by Gasteiger charge is -2.08. The predicted octanol–water partition coefficient (Wildman–Crippen LogP) is 4.28. The minimum Gasteiger partial charge on any atom is -0.494 e. The van der Waals surface area contributed by atoms with Gasteiger partial charge in [0.25, 0.3) is 0 Å². The van der Waals surface area contributed by atoms with Crippen molar-refractivity contribution in [3.63, 3.8) is 0 Å². The maximum absolute atomic E-state index is 6.13. The molecule has 25 heavy (non-hydrogen) atoms. The van der Waals surface area contributed by atoms with Crippen molar-refractivity contribution in [3.8, 4) is 5.75 Å². The number of unbranched alkanes of at least 4 members (excludes halogenated alkanes) is 3. The SMILES string of the molecule is CCCc1nc2c(N)nc3cc(OCCCCCCN)ccc3c2s1. The molecule has 5 nitrogen and oxygen atoms in total. The maximum atomic E-state index is 6.13. The minimum absolute atomic E-state index is 0.500. The normalized spacial score (nSPS) is 11.4. The van der Waals surface area contributed by atoms with Gasteiger partial charge in [0.1, 0.15) is 11.3 Å². The van der Waals surface area contributed by atoms with E-state index in [1.54, 1.807) is 11.3 Å². The zero-order chi connectivity index (χ0) is 17.6. The number of nitrogen functional groups attached to an aromatic ring is 1. The Morgan fingerprint density at radius 3 is 2.76 bits per heavy atom. The number of aromatic nitrogens is 2. The van der Waals surface area contributed by atoms with E-state index in [-0.39, 0.29) is 0 Å². The van der Waals surface area contributed by atoms with Gasteiger partial charge in [-0.2, -0.15) is 0 Å². The standard InChI is InChI=1S/C19H26N4OS/c1-2-7-16-23-17-18(25-16)14-9-8-13(12-15(14)22-19(17)21)24-11-6-4-3-5-10-20/h8-9,12H,2-7,10-11,20H2,1H3,(H2,21,22). The molecule has 0 aliphatic rings. The number of ether oxygens (including phenoxy) is 1. The summed E-state index contributed by atoms with van der Waals surface area (Å²) in [6.07, 6.45) is 6.50. The van der Waals surface area contributed by atoms with Crippen molar-refractivity contribution >= 4 is 38.3 Å². The van der Waals surface area contributed by atoms with E-state index >= 15 is 0 Å².